The predicted molar refractivity (Wildman–Crippen MR) is 113 cm³/mol. The van der Waals surface area contributed by atoms with Crippen molar-refractivity contribution in [3.8, 4) is 0 Å². The second kappa shape index (κ2) is 8.97. The number of hydroxylamine groups is 2. The molecule has 1 atom stereocenters. The van der Waals surface area contributed by atoms with E-state index in [0.717, 1.165) is 44.5 Å². The van der Waals surface area contributed by atoms with Crippen molar-refractivity contribution in [3.63, 3.8) is 0 Å². The van der Waals surface area contributed by atoms with Gasteiger partial charge in [-0.1, -0.05) is 18.2 Å². The Morgan fingerprint density at radius 1 is 1.03 bits per heavy atom. The third-order valence-electron chi connectivity index (χ3n) is 6.64. The molecular weight excluding hydrogens is 415 g/mol. The number of benzene rings is 2. The molecule has 159 valence electrons. The van der Waals surface area contributed by atoms with E-state index in [1.54, 1.807) is 4.90 Å². The van der Waals surface area contributed by atoms with Crippen molar-refractivity contribution in [2.45, 2.75) is 60.5 Å². The van der Waals surface area contributed by atoms with E-state index in [-0.39, 0.29) is 30.9 Å². The second-order valence-electron chi connectivity index (χ2n) is 8.27. The van der Waals surface area contributed by atoms with Gasteiger partial charge in [0.25, 0.3) is 5.91 Å². The molecule has 1 aliphatic rings. The maximum Gasteiger partial charge on any atom is 0.255 e. The number of amides is 2. The summed E-state index contributed by atoms with van der Waals surface area (Å²) in [7, 11) is 1.32. The Bertz CT molecular complexity index is 1010. The number of aryl methyl sites for hydroxylation is 2. The fourth-order valence-electron chi connectivity index (χ4n) is 4.19. The van der Waals surface area contributed by atoms with Crippen molar-refractivity contribution in [1.29, 1.82) is 0 Å². The van der Waals surface area contributed by atoms with Crippen molar-refractivity contribution in [2.24, 2.45) is 0 Å². The molecule has 1 N–H and O–H groups in total. The van der Waals surface area contributed by atoms with Crippen LogP contribution in [0.3, 0.4) is 0 Å². The smallest absolute Gasteiger partial charge is 0.255 e. The van der Waals surface area contributed by atoms with Crippen molar-refractivity contribution in [3.05, 3.63) is 68.3 Å². The van der Waals surface area contributed by atoms with Crippen LogP contribution >= 0.6 is 0 Å². The molecule has 5 nitrogen and oxygen atoms in total. The quantitative estimate of drug-likeness (QED) is 0.558. The van der Waals surface area contributed by atoms with Crippen LogP contribution < -0.4 is 0 Å². The molecule has 0 fully saturated rings. The molecule has 2 aromatic rings. The standard InChI is InChI=1S/C24H30N2O3.V/c1-13-8-9-19(10-14(13)2)21(11-22(27)25(7)29)26-12-20-17(5)15(3)16(4)18(6)23(20)24(26)28;/h8-10,21,29H,11-12H2,1-7H3;. The summed E-state index contributed by atoms with van der Waals surface area (Å²) in [5.41, 5.74) is 9.51. The molecule has 1 radical (unpaired) electrons. The minimum Gasteiger partial charge on any atom is -0.327 e. The minimum absolute atomic E-state index is 0. The van der Waals surface area contributed by atoms with Crippen LogP contribution in [-0.4, -0.2) is 34.0 Å². The Hall–Kier alpha value is -2.08. The van der Waals surface area contributed by atoms with Crippen LogP contribution in [0.1, 0.15) is 67.3 Å². The van der Waals surface area contributed by atoms with Gasteiger partial charge in [0.2, 0.25) is 5.91 Å². The number of carbonyl (C=O) groups excluding carboxylic acids is 2. The number of hydrogen-bond acceptors (Lipinski definition) is 3. The van der Waals surface area contributed by atoms with Gasteiger partial charge in [-0.2, -0.15) is 0 Å². The van der Waals surface area contributed by atoms with Gasteiger partial charge in [0.05, 0.1) is 12.5 Å². The largest absolute Gasteiger partial charge is 0.327 e. The van der Waals surface area contributed by atoms with Crippen molar-refractivity contribution < 1.29 is 33.4 Å². The van der Waals surface area contributed by atoms with Gasteiger partial charge in [0.15, 0.2) is 0 Å². The molecule has 0 aliphatic carbocycles. The van der Waals surface area contributed by atoms with Crippen LogP contribution in [0.4, 0.5) is 0 Å². The van der Waals surface area contributed by atoms with Crippen LogP contribution in [-0.2, 0) is 29.9 Å². The average molecular weight is 445 g/mol. The molecule has 0 saturated heterocycles. The van der Waals surface area contributed by atoms with E-state index in [1.807, 2.05) is 39.0 Å². The second-order valence-corrected chi connectivity index (χ2v) is 8.27. The summed E-state index contributed by atoms with van der Waals surface area (Å²) in [6.45, 7) is 12.7. The van der Waals surface area contributed by atoms with Crippen LogP contribution in [0.15, 0.2) is 18.2 Å². The molecule has 0 bridgehead atoms. The summed E-state index contributed by atoms with van der Waals surface area (Å²) in [5.74, 6) is -0.460. The average Bonchev–Trinajstić information content (AvgIpc) is 3.02. The topological polar surface area (TPSA) is 60.9 Å². The van der Waals surface area contributed by atoms with Crippen molar-refractivity contribution in [1.82, 2.24) is 9.96 Å². The van der Waals surface area contributed by atoms with Crippen LogP contribution in [0.25, 0.3) is 0 Å². The van der Waals surface area contributed by atoms with E-state index in [9.17, 15) is 14.8 Å². The van der Waals surface area contributed by atoms with Gasteiger partial charge >= 0.3 is 0 Å². The van der Waals surface area contributed by atoms with Gasteiger partial charge < -0.3 is 4.90 Å². The summed E-state index contributed by atoms with van der Waals surface area (Å²) in [6.07, 6.45) is 0.0330. The van der Waals surface area contributed by atoms with E-state index >= 15 is 0 Å². The van der Waals surface area contributed by atoms with E-state index in [2.05, 4.69) is 20.8 Å². The maximum atomic E-state index is 13.5. The first-order valence-corrected chi connectivity index (χ1v) is 9.97. The zero-order chi connectivity index (χ0) is 21.6. The first-order chi connectivity index (χ1) is 13.5. The van der Waals surface area contributed by atoms with Crippen LogP contribution in [0.5, 0.6) is 0 Å². The molecule has 2 amide bonds. The Balaban J connectivity index is 0.00000320. The molecule has 3 rings (SSSR count). The maximum absolute atomic E-state index is 13.5. The Morgan fingerprint density at radius 3 is 2.20 bits per heavy atom. The van der Waals surface area contributed by atoms with E-state index in [4.69, 9.17) is 0 Å². The molecule has 0 aromatic heterocycles. The van der Waals surface area contributed by atoms with Gasteiger partial charge in [0.1, 0.15) is 0 Å². The predicted octanol–water partition coefficient (Wildman–Crippen LogP) is 4.47. The Labute approximate surface area is 190 Å². The summed E-state index contributed by atoms with van der Waals surface area (Å²) in [6, 6.07) is 5.60. The number of hydrogen-bond donors (Lipinski definition) is 1. The van der Waals surface area contributed by atoms with Crippen LogP contribution in [0.2, 0.25) is 0 Å². The first kappa shape index (κ1) is 24.2. The summed E-state index contributed by atoms with van der Waals surface area (Å²) in [5, 5.41) is 10.2. The fraction of sp³-hybridized carbons (Fsp3) is 0.417. The molecule has 1 unspecified atom stereocenters. The van der Waals surface area contributed by atoms with Gasteiger partial charge in [-0.05, 0) is 86.1 Å². The summed E-state index contributed by atoms with van der Waals surface area (Å²) in [4.78, 5) is 27.7. The molecule has 2 aromatic carbocycles. The fourth-order valence-corrected chi connectivity index (χ4v) is 4.19. The van der Waals surface area contributed by atoms with E-state index in [1.165, 1.54) is 12.6 Å². The Morgan fingerprint density at radius 2 is 1.63 bits per heavy atom. The number of fused-ring (bicyclic) bond motifs is 1. The molecule has 0 spiro atoms. The van der Waals surface area contributed by atoms with Gasteiger partial charge in [0, 0.05) is 37.7 Å². The molecule has 1 aliphatic heterocycles. The Kier molecular flexibility index (Phi) is 7.23. The summed E-state index contributed by atoms with van der Waals surface area (Å²) >= 11 is 0. The number of nitrogens with zero attached hydrogens (tertiary/aromatic N) is 2. The zero-order valence-corrected chi connectivity index (χ0v) is 20.2. The normalized spacial score (nSPS) is 13.7. The van der Waals surface area contributed by atoms with E-state index in [0.29, 0.717) is 11.6 Å². The monoisotopic (exact) mass is 445 g/mol. The van der Waals surface area contributed by atoms with Crippen LogP contribution in [0, 0.1) is 41.5 Å². The molecule has 1 heterocycles. The molecule has 30 heavy (non-hydrogen) atoms. The van der Waals surface area contributed by atoms with Gasteiger partial charge in [-0.25, -0.2) is 5.06 Å². The molecule has 6 heteroatoms. The molecule has 0 saturated carbocycles. The summed E-state index contributed by atoms with van der Waals surface area (Å²) < 4.78 is 0. The first-order valence-electron chi connectivity index (χ1n) is 9.97. The van der Waals surface area contributed by atoms with Gasteiger partial charge in [-0.3, -0.25) is 14.8 Å². The third kappa shape index (κ3) is 4.07. The molecular formula is C24H30N2O3V. The van der Waals surface area contributed by atoms with Crippen molar-refractivity contribution >= 4 is 11.8 Å². The number of rotatable bonds is 4. The van der Waals surface area contributed by atoms with Gasteiger partial charge in [-0.15, -0.1) is 0 Å². The minimum atomic E-state index is -0.435. The SMILES string of the molecule is Cc1ccc(C(CC(=O)N(C)O)N2Cc3c(C)c(C)c(C)c(C)c3C2=O)cc1C.[V]. The van der Waals surface area contributed by atoms with E-state index < -0.39 is 11.9 Å². The third-order valence-corrected chi connectivity index (χ3v) is 6.64. The number of carbonyl (C=O) groups is 2. The van der Waals surface area contributed by atoms with Crippen molar-refractivity contribution in [2.75, 3.05) is 7.05 Å². The zero-order valence-electron chi connectivity index (χ0n) is 18.8.